The van der Waals surface area contributed by atoms with E-state index in [1.807, 2.05) is 0 Å². The Kier molecular flexibility index (Phi) is 5.51. The van der Waals surface area contributed by atoms with Crippen molar-refractivity contribution in [1.82, 2.24) is 4.90 Å². The van der Waals surface area contributed by atoms with Gasteiger partial charge in [-0.05, 0) is 0 Å². The van der Waals surface area contributed by atoms with Crippen LogP contribution in [0, 0.1) is 0 Å². The van der Waals surface area contributed by atoms with Gasteiger partial charge < -0.3 is 0 Å². The third kappa shape index (κ3) is 2.39. The summed E-state index contributed by atoms with van der Waals surface area (Å²) in [4.78, 5) is -5.42. The van der Waals surface area contributed by atoms with E-state index in [1.165, 1.54) is 0 Å². The van der Waals surface area contributed by atoms with E-state index in [0.29, 0.717) is 0 Å². The Morgan fingerprint density at radius 1 is 0.306 bits per heavy atom. The summed E-state index contributed by atoms with van der Waals surface area (Å²) in [5.74, 6) is -70.7. The topological polar surface area (TPSA) is 3.24 Å². The highest BCUT2D eigenvalue weighted by Crippen LogP contribution is 2.77. The second-order valence-corrected chi connectivity index (χ2v) is 7.22. The van der Waals surface area contributed by atoms with Gasteiger partial charge in [0.05, 0.1) is 0 Å². The maximum atomic E-state index is 14.2. The van der Waals surface area contributed by atoms with E-state index in [0.717, 1.165) is 0 Å². The summed E-state index contributed by atoms with van der Waals surface area (Å²) in [6, 6.07) is -17.9. The number of alkyl halides is 23. The predicted molar refractivity (Wildman–Crippen MR) is 60.1 cm³/mol. The lowest BCUT2D eigenvalue weighted by atomic mass is 9.65. The summed E-state index contributed by atoms with van der Waals surface area (Å²) in [5, 5.41) is 0. The van der Waals surface area contributed by atoms with E-state index >= 15 is 0 Å². The molecule has 36 heavy (non-hydrogen) atoms. The zero-order valence-corrected chi connectivity index (χ0v) is 15.1. The summed E-state index contributed by atoms with van der Waals surface area (Å²) in [6.45, 7) is 0. The fourth-order valence-corrected chi connectivity index (χ4v) is 3.46. The predicted octanol–water partition coefficient (Wildman–Crippen LogP) is 6.88. The van der Waals surface area contributed by atoms with Crippen LogP contribution in [-0.4, -0.2) is 76.1 Å². The van der Waals surface area contributed by atoms with Gasteiger partial charge >= 0.3 is 65.6 Å². The first kappa shape index (κ1) is 30.6. The van der Waals surface area contributed by atoms with Crippen LogP contribution in [0.15, 0.2) is 0 Å². The molecular weight excluding hydrogens is 595 g/mol. The van der Waals surface area contributed by atoms with E-state index < -0.39 is 76.1 Å². The molecule has 1 heterocycles. The molecular formula is C12F23N. The van der Waals surface area contributed by atoms with Crippen LogP contribution in [0.4, 0.5) is 101 Å². The molecule has 0 radical (unpaired) electrons. The van der Waals surface area contributed by atoms with E-state index in [2.05, 4.69) is 0 Å². The first-order chi connectivity index (χ1) is 15.1. The zero-order valence-electron chi connectivity index (χ0n) is 15.1. The first-order valence-electron chi connectivity index (χ1n) is 7.77. The number of likely N-dealkylation sites (tertiary alicyclic amines) is 1. The summed E-state index contributed by atoms with van der Waals surface area (Å²) >= 11 is 0. The monoisotopic (exact) mass is 595 g/mol. The molecule has 0 amide bonds. The van der Waals surface area contributed by atoms with Crippen LogP contribution in [0.1, 0.15) is 0 Å². The molecule has 2 fully saturated rings. The van der Waals surface area contributed by atoms with Gasteiger partial charge in [0.1, 0.15) is 0 Å². The van der Waals surface area contributed by atoms with Crippen molar-refractivity contribution in [3.05, 3.63) is 0 Å². The number of hydrogen-bond donors (Lipinski definition) is 0. The van der Waals surface area contributed by atoms with Crippen molar-refractivity contribution in [1.29, 1.82) is 0 Å². The Labute approximate surface area is 178 Å². The molecule has 0 N–H and O–H groups in total. The zero-order chi connectivity index (χ0) is 29.6. The second kappa shape index (κ2) is 6.49. The van der Waals surface area contributed by atoms with Crippen molar-refractivity contribution in [2.75, 3.05) is 0 Å². The minimum Gasteiger partial charge on any atom is -0.197 e. The van der Waals surface area contributed by atoms with Gasteiger partial charge in [0.25, 0.3) is 5.54 Å². The van der Waals surface area contributed by atoms with Crippen LogP contribution in [-0.2, 0) is 0 Å². The molecule has 0 aromatic heterocycles. The fraction of sp³-hybridized carbons (Fsp3) is 1.00. The van der Waals surface area contributed by atoms with Crippen molar-refractivity contribution in [2.24, 2.45) is 0 Å². The lowest BCUT2D eigenvalue weighted by Crippen LogP contribution is -2.98. The van der Waals surface area contributed by atoms with Gasteiger partial charge in [-0.3, -0.25) is 0 Å². The number of nitrogens with zero attached hydrogens (tertiary/aromatic N) is 1. The molecule has 1 aliphatic heterocycles. The first-order valence-corrected chi connectivity index (χ1v) is 7.77. The van der Waals surface area contributed by atoms with Crippen LogP contribution in [0.25, 0.3) is 0 Å². The Morgan fingerprint density at radius 2 is 0.500 bits per heavy atom. The van der Waals surface area contributed by atoms with Crippen molar-refractivity contribution < 1.29 is 101 Å². The fourth-order valence-electron chi connectivity index (χ4n) is 3.46. The van der Waals surface area contributed by atoms with Gasteiger partial charge in [-0.15, -0.1) is 4.90 Å². The Balaban J connectivity index is 3.38. The highest BCUT2D eigenvalue weighted by atomic mass is 19.4. The van der Waals surface area contributed by atoms with Crippen LogP contribution >= 0.6 is 0 Å². The van der Waals surface area contributed by atoms with Gasteiger partial charge in [0, 0.05) is 0 Å². The Hall–Kier alpha value is -1.65. The molecule has 1 saturated carbocycles. The van der Waals surface area contributed by atoms with E-state index in [-0.39, 0.29) is 0 Å². The minimum atomic E-state index is -9.56. The highest BCUT2D eigenvalue weighted by Gasteiger charge is 3.11. The average molecular weight is 595 g/mol. The number of hydrogen-bond acceptors (Lipinski definition) is 1. The van der Waals surface area contributed by atoms with Crippen molar-refractivity contribution in [2.45, 2.75) is 71.2 Å². The quantitative estimate of drug-likeness (QED) is 0.236. The molecule has 2 rings (SSSR count). The van der Waals surface area contributed by atoms with Gasteiger partial charge in [0.2, 0.25) is 0 Å². The lowest BCUT2D eigenvalue weighted by Gasteiger charge is -2.63. The highest BCUT2D eigenvalue weighted by molar-refractivity contribution is 5.35. The molecule has 0 spiro atoms. The van der Waals surface area contributed by atoms with Crippen LogP contribution in [0.3, 0.4) is 0 Å². The van der Waals surface area contributed by atoms with Crippen LogP contribution < -0.4 is 0 Å². The smallest absolute Gasteiger partial charge is 0.197 e. The van der Waals surface area contributed by atoms with Crippen molar-refractivity contribution >= 4 is 0 Å². The third-order valence-electron chi connectivity index (χ3n) is 5.34. The van der Waals surface area contributed by atoms with Gasteiger partial charge in [-0.1, -0.05) is 0 Å². The molecule has 0 bridgehead atoms. The molecule has 1 saturated heterocycles. The van der Waals surface area contributed by atoms with Gasteiger partial charge in [0.15, 0.2) is 0 Å². The maximum absolute atomic E-state index is 14.2. The molecule has 0 aromatic rings. The minimum absolute atomic E-state index is 5.42. The number of rotatable bonds is 1. The van der Waals surface area contributed by atoms with Crippen molar-refractivity contribution in [3.63, 3.8) is 0 Å². The van der Waals surface area contributed by atoms with Crippen LogP contribution in [0.2, 0.25) is 0 Å². The van der Waals surface area contributed by atoms with Gasteiger partial charge in [-0.25, -0.2) is 0 Å². The second-order valence-electron chi connectivity index (χ2n) is 7.22. The number of halogens is 23. The average Bonchev–Trinajstić information content (AvgIpc) is 2.60. The Bertz CT molecular complexity index is 862. The lowest BCUT2D eigenvalue weighted by molar-refractivity contribution is -0.583. The summed E-state index contributed by atoms with van der Waals surface area (Å²) in [7, 11) is 0. The van der Waals surface area contributed by atoms with Crippen molar-refractivity contribution in [3.8, 4) is 0 Å². The summed E-state index contributed by atoms with van der Waals surface area (Å²) < 4.78 is 314. The molecule has 0 unspecified atom stereocenters. The summed E-state index contributed by atoms with van der Waals surface area (Å²) in [6.07, 6.45) is -9.14. The molecule has 1 nitrogen and oxygen atoms in total. The molecule has 1 aliphatic carbocycles. The van der Waals surface area contributed by atoms with E-state index in [9.17, 15) is 101 Å². The number of piperidine rings is 1. The SMILES string of the molecule is FC(F)(F)C1(N2C(F)(F)C(F)(F)C(F)(F)C(F)(F)C2(F)F)C(F)(F)C(F)(F)C(F)(F)C(F)(F)C1(F)F. The maximum Gasteiger partial charge on any atom is 0.419 e. The van der Waals surface area contributed by atoms with Gasteiger partial charge in [-0.2, -0.15) is 101 Å². The molecule has 24 heteroatoms. The van der Waals surface area contributed by atoms with Crippen LogP contribution in [0.5, 0.6) is 0 Å². The molecule has 214 valence electrons. The Morgan fingerprint density at radius 3 is 0.722 bits per heavy atom. The van der Waals surface area contributed by atoms with E-state index in [4.69, 9.17) is 0 Å². The summed E-state index contributed by atoms with van der Waals surface area (Å²) in [5.41, 5.74) is -9.56. The normalized spacial score (nSPS) is 34.1. The molecule has 0 aromatic carbocycles. The third-order valence-corrected chi connectivity index (χ3v) is 5.34. The molecule has 2 aliphatic rings. The molecule has 0 atom stereocenters. The standard InChI is InChI=1S/C12F23N/c13-2(14)1(10(29,30)31,3(15,16)5(19,20)6(21,22)4(2,17)18)36-11(32,33)8(25,26)7(23,24)9(27,28)12(36,34)35. The van der Waals surface area contributed by atoms with E-state index in [1.54, 1.807) is 0 Å². The largest absolute Gasteiger partial charge is 0.419 e.